The molecule has 0 aromatic heterocycles. The maximum Gasteiger partial charge on any atom is 0.234 e. The number of likely N-dealkylation sites (N-methyl/N-ethyl adjacent to an activating group) is 1. The Morgan fingerprint density at radius 3 is 2.76 bits per heavy atom. The maximum atomic E-state index is 11.9. The van der Waals surface area contributed by atoms with Gasteiger partial charge in [-0.2, -0.15) is 0 Å². The van der Waals surface area contributed by atoms with Gasteiger partial charge in [0.1, 0.15) is 0 Å². The molecule has 1 saturated heterocycles. The van der Waals surface area contributed by atoms with Crippen molar-refractivity contribution in [1.29, 1.82) is 0 Å². The molecule has 1 atom stereocenters. The predicted molar refractivity (Wildman–Crippen MR) is 83.0 cm³/mol. The molecule has 1 fully saturated rings. The molecule has 2 rings (SSSR count). The number of carbonyl (C=O) groups is 1. The molecular formula is C14H19ClN2O3S. The lowest BCUT2D eigenvalue weighted by atomic mass is 10.2. The predicted octanol–water partition coefficient (Wildman–Crippen LogP) is 1.08. The third kappa shape index (κ3) is 4.98. The van der Waals surface area contributed by atoms with E-state index in [1.54, 1.807) is 0 Å². The van der Waals surface area contributed by atoms with Gasteiger partial charge in [-0.15, -0.1) is 0 Å². The molecule has 1 aliphatic heterocycles. The van der Waals surface area contributed by atoms with Crippen LogP contribution in [0.2, 0.25) is 5.02 Å². The molecule has 1 aromatic carbocycles. The normalized spacial score (nSPS) is 20.6. The van der Waals surface area contributed by atoms with E-state index in [-0.39, 0.29) is 30.0 Å². The molecule has 7 heteroatoms. The van der Waals surface area contributed by atoms with E-state index in [0.717, 1.165) is 5.56 Å². The van der Waals surface area contributed by atoms with Gasteiger partial charge in [-0.05, 0) is 25.1 Å². The zero-order chi connectivity index (χ0) is 15.5. The van der Waals surface area contributed by atoms with Gasteiger partial charge in [-0.25, -0.2) is 8.42 Å². The van der Waals surface area contributed by atoms with Gasteiger partial charge in [0.05, 0.1) is 18.1 Å². The minimum atomic E-state index is -2.97. The fourth-order valence-corrected chi connectivity index (χ4v) is 4.27. The van der Waals surface area contributed by atoms with Crippen LogP contribution in [-0.2, 0) is 21.2 Å². The largest absolute Gasteiger partial charge is 0.351 e. The molecule has 116 valence electrons. The van der Waals surface area contributed by atoms with Gasteiger partial charge in [-0.1, -0.05) is 29.8 Å². The highest BCUT2D eigenvalue weighted by atomic mass is 35.5. The van der Waals surface area contributed by atoms with Crippen LogP contribution in [-0.4, -0.2) is 50.4 Å². The van der Waals surface area contributed by atoms with Crippen LogP contribution in [0.25, 0.3) is 0 Å². The first-order valence-electron chi connectivity index (χ1n) is 6.77. The Bertz CT molecular complexity index is 618. The Morgan fingerprint density at radius 2 is 2.14 bits per heavy atom. The van der Waals surface area contributed by atoms with Gasteiger partial charge >= 0.3 is 0 Å². The van der Waals surface area contributed by atoms with Crippen LogP contribution in [0, 0.1) is 0 Å². The summed E-state index contributed by atoms with van der Waals surface area (Å²) in [5.41, 5.74) is 0.956. The lowest BCUT2D eigenvalue weighted by Crippen LogP contribution is -2.41. The molecule has 21 heavy (non-hydrogen) atoms. The first kappa shape index (κ1) is 16.3. The van der Waals surface area contributed by atoms with Crippen molar-refractivity contribution < 1.29 is 13.2 Å². The summed E-state index contributed by atoms with van der Waals surface area (Å²) in [6, 6.07) is 7.24. The summed E-state index contributed by atoms with van der Waals surface area (Å²) in [4.78, 5) is 13.8. The first-order chi connectivity index (χ1) is 9.85. The van der Waals surface area contributed by atoms with Crippen LogP contribution in [0.15, 0.2) is 24.3 Å². The summed E-state index contributed by atoms with van der Waals surface area (Å²) in [5, 5.41) is 3.45. The first-order valence-corrected chi connectivity index (χ1v) is 8.97. The summed E-state index contributed by atoms with van der Waals surface area (Å²) in [5.74, 6) is 0.0482. The third-order valence-corrected chi connectivity index (χ3v) is 5.55. The quantitative estimate of drug-likeness (QED) is 0.877. The number of halogens is 1. The lowest BCUT2D eigenvalue weighted by Gasteiger charge is -2.18. The summed E-state index contributed by atoms with van der Waals surface area (Å²) >= 11 is 6.08. The van der Waals surface area contributed by atoms with Crippen molar-refractivity contribution in [3.63, 3.8) is 0 Å². The van der Waals surface area contributed by atoms with Crippen molar-refractivity contribution in [2.75, 3.05) is 25.1 Å². The van der Waals surface area contributed by atoms with Gasteiger partial charge in [-0.3, -0.25) is 9.69 Å². The van der Waals surface area contributed by atoms with Crippen molar-refractivity contribution in [3.05, 3.63) is 34.9 Å². The molecule has 1 unspecified atom stereocenters. The minimum Gasteiger partial charge on any atom is -0.351 e. The van der Waals surface area contributed by atoms with E-state index in [1.165, 1.54) is 0 Å². The van der Waals surface area contributed by atoms with Crippen molar-refractivity contribution in [1.82, 2.24) is 10.2 Å². The van der Waals surface area contributed by atoms with Crippen molar-refractivity contribution >= 4 is 27.3 Å². The molecule has 1 amide bonds. The number of nitrogens with zero attached hydrogens (tertiary/aromatic N) is 1. The summed E-state index contributed by atoms with van der Waals surface area (Å²) < 4.78 is 22.7. The number of nitrogens with one attached hydrogen (secondary N) is 1. The van der Waals surface area contributed by atoms with E-state index in [1.807, 2.05) is 36.2 Å². The molecule has 1 aromatic rings. The van der Waals surface area contributed by atoms with Crippen LogP contribution >= 0.6 is 11.6 Å². The smallest absolute Gasteiger partial charge is 0.234 e. The van der Waals surface area contributed by atoms with Crippen LogP contribution in [0.3, 0.4) is 0 Å². The van der Waals surface area contributed by atoms with Crippen molar-refractivity contribution in [2.24, 2.45) is 0 Å². The molecule has 0 bridgehead atoms. The number of sulfone groups is 1. The zero-order valence-corrected chi connectivity index (χ0v) is 13.5. The van der Waals surface area contributed by atoms with E-state index in [2.05, 4.69) is 5.32 Å². The van der Waals surface area contributed by atoms with Gasteiger partial charge in [0.2, 0.25) is 5.91 Å². The van der Waals surface area contributed by atoms with E-state index in [9.17, 15) is 13.2 Å². The Kier molecular flexibility index (Phi) is 5.24. The highest BCUT2D eigenvalue weighted by Gasteiger charge is 2.28. The number of benzene rings is 1. The highest BCUT2D eigenvalue weighted by Crippen LogP contribution is 2.16. The average Bonchev–Trinajstić information content (AvgIpc) is 2.71. The second-order valence-corrected chi connectivity index (χ2v) is 8.07. The van der Waals surface area contributed by atoms with E-state index in [4.69, 9.17) is 11.6 Å². The average molecular weight is 331 g/mol. The summed E-state index contributed by atoms with van der Waals surface area (Å²) in [6.45, 7) is 0.776. The maximum absolute atomic E-state index is 11.9. The summed E-state index contributed by atoms with van der Waals surface area (Å²) in [6.07, 6.45) is 0.502. The second-order valence-electron chi connectivity index (χ2n) is 5.43. The second kappa shape index (κ2) is 6.77. The standard InChI is InChI=1S/C14H19ClN2O3S/c1-17(8-11-4-2-3-5-13(11)15)9-14(18)16-12-6-7-21(19,20)10-12/h2-5,12H,6-10H2,1H3,(H,16,18). The van der Waals surface area contributed by atoms with E-state index in [0.29, 0.717) is 18.0 Å². The SMILES string of the molecule is CN(CC(=O)NC1CCS(=O)(=O)C1)Cc1ccccc1Cl. The molecule has 0 saturated carbocycles. The fraction of sp³-hybridized carbons (Fsp3) is 0.500. The molecular weight excluding hydrogens is 312 g/mol. The molecule has 0 radical (unpaired) electrons. The third-order valence-electron chi connectivity index (χ3n) is 3.41. The van der Waals surface area contributed by atoms with Crippen molar-refractivity contribution in [3.8, 4) is 0 Å². The molecule has 1 N–H and O–H groups in total. The molecule has 1 heterocycles. The molecule has 5 nitrogen and oxygen atoms in total. The zero-order valence-electron chi connectivity index (χ0n) is 11.9. The van der Waals surface area contributed by atoms with Gasteiger partial charge in [0, 0.05) is 17.6 Å². The fourth-order valence-electron chi connectivity index (χ4n) is 2.40. The van der Waals surface area contributed by atoms with E-state index >= 15 is 0 Å². The van der Waals surface area contributed by atoms with Crippen LogP contribution in [0.4, 0.5) is 0 Å². The highest BCUT2D eigenvalue weighted by molar-refractivity contribution is 7.91. The number of amides is 1. The Balaban J connectivity index is 1.81. The van der Waals surface area contributed by atoms with Gasteiger partial charge in [0.25, 0.3) is 0 Å². The Labute approximate surface area is 130 Å². The Morgan fingerprint density at radius 1 is 1.43 bits per heavy atom. The topological polar surface area (TPSA) is 66.5 Å². The van der Waals surface area contributed by atoms with Crippen LogP contribution < -0.4 is 5.32 Å². The van der Waals surface area contributed by atoms with Crippen molar-refractivity contribution in [2.45, 2.75) is 19.0 Å². The van der Waals surface area contributed by atoms with Crippen LogP contribution in [0.5, 0.6) is 0 Å². The van der Waals surface area contributed by atoms with E-state index < -0.39 is 9.84 Å². The number of hydrogen-bond acceptors (Lipinski definition) is 4. The van der Waals surface area contributed by atoms with Gasteiger partial charge < -0.3 is 5.32 Å². The Hall–Kier alpha value is -1.11. The molecule has 1 aliphatic rings. The number of rotatable bonds is 5. The molecule has 0 aliphatic carbocycles. The lowest BCUT2D eigenvalue weighted by molar-refractivity contribution is -0.122. The summed E-state index contributed by atoms with van der Waals surface area (Å²) in [7, 11) is -1.14. The minimum absolute atomic E-state index is 0.0486. The van der Waals surface area contributed by atoms with Crippen LogP contribution in [0.1, 0.15) is 12.0 Å². The van der Waals surface area contributed by atoms with Gasteiger partial charge in [0.15, 0.2) is 9.84 Å². The molecule has 0 spiro atoms. The monoisotopic (exact) mass is 330 g/mol. The number of hydrogen-bond donors (Lipinski definition) is 1. The number of carbonyl (C=O) groups excluding carboxylic acids is 1.